The van der Waals surface area contributed by atoms with Gasteiger partial charge in [-0.05, 0) is 19.9 Å². The molecule has 0 aliphatic rings. The average Bonchev–Trinajstić information content (AvgIpc) is 2.15. The zero-order valence-corrected chi connectivity index (χ0v) is 8.50. The smallest absolute Gasteiger partial charge is 0.233 e. The van der Waals surface area contributed by atoms with Crippen LogP contribution in [0.25, 0.3) is 0 Å². The molecular weight excluding hydrogens is 166 g/mol. The maximum Gasteiger partial charge on any atom is 0.233 e. The summed E-state index contributed by atoms with van der Waals surface area (Å²) < 4.78 is 0. The molecule has 13 heavy (non-hydrogen) atoms. The van der Waals surface area contributed by atoms with Gasteiger partial charge in [0.05, 0.1) is 18.7 Å². The molecule has 0 saturated carbocycles. The molecule has 0 aliphatic carbocycles. The molecule has 0 fully saturated rings. The lowest BCUT2D eigenvalue weighted by molar-refractivity contribution is -0.122. The molecule has 0 rings (SSSR count). The second-order valence-corrected chi connectivity index (χ2v) is 2.95. The summed E-state index contributed by atoms with van der Waals surface area (Å²) in [5.41, 5.74) is 0. The normalized spacial score (nSPS) is 12.2. The fourth-order valence-electron chi connectivity index (χ4n) is 1.04. The summed E-state index contributed by atoms with van der Waals surface area (Å²) in [4.78, 5) is 12.9. The fourth-order valence-corrected chi connectivity index (χ4v) is 1.04. The third kappa shape index (κ3) is 4.48. The number of carbonyl (C=O) groups is 1. The number of amides is 1. The Morgan fingerprint density at radius 2 is 2.31 bits per heavy atom. The topological polar surface area (TPSA) is 56.1 Å². The van der Waals surface area contributed by atoms with E-state index in [0.29, 0.717) is 6.54 Å². The van der Waals surface area contributed by atoms with Crippen LogP contribution in [0.5, 0.6) is 0 Å². The maximum atomic E-state index is 11.1. The summed E-state index contributed by atoms with van der Waals surface area (Å²) in [6.07, 6.45) is 0.947. The highest BCUT2D eigenvalue weighted by molar-refractivity contribution is 5.77. The Bertz CT molecular complexity index is 198. The van der Waals surface area contributed by atoms with Gasteiger partial charge >= 0.3 is 0 Å². The number of likely N-dealkylation sites (N-methyl/N-ethyl adjacent to an activating group) is 1. The van der Waals surface area contributed by atoms with Gasteiger partial charge in [0.15, 0.2) is 0 Å². The molecule has 1 amide bonds. The van der Waals surface area contributed by atoms with Crippen molar-refractivity contribution in [3.8, 4) is 6.07 Å². The van der Waals surface area contributed by atoms with Crippen molar-refractivity contribution in [2.45, 2.75) is 26.3 Å². The summed E-state index contributed by atoms with van der Waals surface area (Å²) >= 11 is 0. The molecule has 0 aromatic carbocycles. The van der Waals surface area contributed by atoms with E-state index >= 15 is 0 Å². The highest BCUT2D eigenvalue weighted by atomic mass is 16.1. The van der Waals surface area contributed by atoms with Crippen molar-refractivity contribution in [2.75, 3.05) is 20.1 Å². The Hall–Kier alpha value is -1.08. The summed E-state index contributed by atoms with van der Waals surface area (Å²) in [7, 11) is 1.60. The predicted octanol–water partition coefficient (Wildman–Crippen LogP) is 0.356. The summed E-state index contributed by atoms with van der Waals surface area (Å²) in [5.74, 6) is -0.0458. The number of hydrogen-bond donors (Lipinski definition) is 1. The van der Waals surface area contributed by atoms with Gasteiger partial charge in [-0.15, -0.1) is 0 Å². The lowest BCUT2D eigenvalue weighted by Crippen LogP contribution is -2.40. The standard InChI is InChI=1S/C9H17N3O/c1-4-5-12(8(2)6-10)7-9(13)11-3/h8H,4-5,7H2,1-3H3,(H,11,13). The minimum absolute atomic E-state index is 0.0458. The Kier molecular flexibility index (Phi) is 5.90. The van der Waals surface area contributed by atoms with Gasteiger partial charge in [-0.25, -0.2) is 0 Å². The molecule has 0 heterocycles. The van der Waals surface area contributed by atoms with Crippen LogP contribution in [0.15, 0.2) is 0 Å². The summed E-state index contributed by atoms with van der Waals surface area (Å²) in [6.45, 7) is 4.92. The molecule has 0 radical (unpaired) electrons. The summed E-state index contributed by atoms with van der Waals surface area (Å²) in [6, 6.07) is 1.93. The minimum atomic E-state index is -0.197. The Balaban J connectivity index is 4.10. The van der Waals surface area contributed by atoms with Gasteiger partial charge in [0, 0.05) is 7.05 Å². The average molecular weight is 183 g/mol. The molecule has 1 N–H and O–H groups in total. The fraction of sp³-hybridized carbons (Fsp3) is 0.778. The number of carbonyl (C=O) groups excluding carboxylic acids is 1. The van der Waals surface area contributed by atoms with E-state index in [1.807, 2.05) is 11.8 Å². The molecule has 4 heteroatoms. The Morgan fingerprint density at radius 1 is 1.69 bits per heavy atom. The number of nitriles is 1. The number of nitrogens with one attached hydrogen (secondary N) is 1. The SMILES string of the molecule is CCCN(CC(=O)NC)C(C)C#N. The Morgan fingerprint density at radius 3 is 2.69 bits per heavy atom. The van der Waals surface area contributed by atoms with Crippen LogP contribution in [0.3, 0.4) is 0 Å². The van der Waals surface area contributed by atoms with Gasteiger partial charge in [-0.3, -0.25) is 9.69 Å². The van der Waals surface area contributed by atoms with E-state index in [9.17, 15) is 4.79 Å². The van der Waals surface area contributed by atoms with Crippen LogP contribution in [0.1, 0.15) is 20.3 Å². The zero-order valence-electron chi connectivity index (χ0n) is 8.50. The van der Waals surface area contributed by atoms with Crippen molar-refractivity contribution >= 4 is 5.91 Å². The quantitative estimate of drug-likeness (QED) is 0.669. The lowest BCUT2D eigenvalue weighted by Gasteiger charge is -2.22. The first kappa shape index (κ1) is 11.9. The maximum absolute atomic E-state index is 11.1. The van der Waals surface area contributed by atoms with Crippen molar-refractivity contribution in [3.63, 3.8) is 0 Å². The third-order valence-electron chi connectivity index (χ3n) is 1.87. The lowest BCUT2D eigenvalue weighted by atomic mass is 10.3. The second-order valence-electron chi connectivity index (χ2n) is 2.95. The van der Waals surface area contributed by atoms with Crippen LogP contribution < -0.4 is 5.32 Å². The molecule has 4 nitrogen and oxygen atoms in total. The monoisotopic (exact) mass is 183 g/mol. The van der Waals surface area contributed by atoms with E-state index in [4.69, 9.17) is 5.26 Å². The van der Waals surface area contributed by atoms with E-state index in [2.05, 4.69) is 11.4 Å². The molecule has 1 unspecified atom stereocenters. The van der Waals surface area contributed by atoms with Crippen molar-refractivity contribution in [2.24, 2.45) is 0 Å². The first-order chi connectivity index (χ1) is 6.15. The van der Waals surface area contributed by atoms with Crippen molar-refractivity contribution in [3.05, 3.63) is 0 Å². The van der Waals surface area contributed by atoms with Crippen LogP contribution in [0.4, 0.5) is 0 Å². The second kappa shape index (κ2) is 6.44. The molecule has 1 atom stereocenters. The highest BCUT2D eigenvalue weighted by Crippen LogP contribution is 1.98. The van der Waals surface area contributed by atoms with Crippen LogP contribution in [0, 0.1) is 11.3 Å². The van der Waals surface area contributed by atoms with E-state index in [-0.39, 0.29) is 11.9 Å². The van der Waals surface area contributed by atoms with Gasteiger partial charge in [0.25, 0.3) is 0 Å². The highest BCUT2D eigenvalue weighted by Gasteiger charge is 2.14. The minimum Gasteiger partial charge on any atom is -0.358 e. The molecule has 0 aromatic rings. The van der Waals surface area contributed by atoms with Crippen molar-refractivity contribution in [1.29, 1.82) is 5.26 Å². The van der Waals surface area contributed by atoms with Crippen LogP contribution in [-0.2, 0) is 4.79 Å². The molecule has 0 aliphatic heterocycles. The Labute approximate surface area is 79.5 Å². The van der Waals surface area contributed by atoms with Gasteiger partial charge in [-0.2, -0.15) is 5.26 Å². The van der Waals surface area contributed by atoms with Gasteiger partial charge in [0.2, 0.25) is 5.91 Å². The number of rotatable bonds is 5. The van der Waals surface area contributed by atoms with E-state index < -0.39 is 0 Å². The largest absolute Gasteiger partial charge is 0.358 e. The van der Waals surface area contributed by atoms with E-state index in [0.717, 1.165) is 13.0 Å². The third-order valence-corrected chi connectivity index (χ3v) is 1.87. The molecule has 0 bridgehead atoms. The van der Waals surface area contributed by atoms with Gasteiger partial charge < -0.3 is 5.32 Å². The summed E-state index contributed by atoms with van der Waals surface area (Å²) in [5, 5.41) is 11.2. The van der Waals surface area contributed by atoms with E-state index in [1.165, 1.54) is 0 Å². The van der Waals surface area contributed by atoms with Crippen molar-refractivity contribution in [1.82, 2.24) is 10.2 Å². The first-order valence-electron chi connectivity index (χ1n) is 4.50. The number of hydrogen-bond acceptors (Lipinski definition) is 3. The molecule has 74 valence electrons. The molecular formula is C9H17N3O. The zero-order chi connectivity index (χ0) is 10.3. The molecule has 0 spiro atoms. The number of nitrogens with zero attached hydrogens (tertiary/aromatic N) is 2. The van der Waals surface area contributed by atoms with Crippen LogP contribution >= 0.6 is 0 Å². The predicted molar refractivity (Wildman–Crippen MR) is 51.0 cm³/mol. The van der Waals surface area contributed by atoms with Gasteiger partial charge in [-0.1, -0.05) is 6.92 Å². The van der Waals surface area contributed by atoms with Gasteiger partial charge in [0.1, 0.15) is 0 Å². The van der Waals surface area contributed by atoms with Crippen LogP contribution in [0.2, 0.25) is 0 Å². The first-order valence-corrected chi connectivity index (χ1v) is 4.50. The molecule has 0 saturated heterocycles. The van der Waals surface area contributed by atoms with Crippen molar-refractivity contribution < 1.29 is 4.79 Å². The van der Waals surface area contributed by atoms with Crippen LogP contribution in [-0.4, -0.2) is 37.0 Å². The molecule has 0 aromatic heterocycles. The van der Waals surface area contributed by atoms with E-state index in [1.54, 1.807) is 14.0 Å².